The summed E-state index contributed by atoms with van der Waals surface area (Å²) in [5.74, 6) is -1.18. The van der Waals surface area contributed by atoms with Crippen molar-refractivity contribution in [1.82, 2.24) is 13.9 Å². The Bertz CT molecular complexity index is 1110. The molecule has 0 saturated carbocycles. The van der Waals surface area contributed by atoms with E-state index < -0.39 is 23.3 Å². The van der Waals surface area contributed by atoms with E-state index in [1.54, 1.807) is 42.5 Å². The Balaban J connectivity index is 2.36. The smallest absolute Gasteiger partial charge is 0.359 e. The van der Waals surface area contributed by atoms with Crippen molar-refractivity contribution in [2.75, 3.05) is 0 Å². The molecule has 132 valence electrons. The molecule has 8 heteroatoms. The number of para-hydroxylation sites is 3. The van der Waals surface area contributed by atoms with Gasteiger partial charge in [0.15, 0.2) is 5.75 Å². The van der Waals surface area contributed by atoms with E-state index in [1.165, 1.54) is 26.0 Å². The molecule has 0 aliphatic rings. The quantitative estimate of drug-likeness (QED) is 0.524. The van der Waals surface area contributed by atoms with Gasteiger partial charge < -0.3 is 4.74 Å². The van der Waals surface area contributed by atoms with E-state index in [4.69, 9.17) is 4.74 Å². The maximum atomic E-state index is 13.0. The van der Waals surface area contributed by atoms with Crippen molar-refractivity contribution in [2.45, 2.75) is 13.8 Å². The normalized spacial score (nSPS) is 10.5. The second kappa shape index (κ2) is 6.67. The largest absolute Gasteiger partial charge is 0.424 e. The molecular weight excluding hydrogens is 338 g/mol. The van der Waals surface area contributed by atoms with E-state index >= 15 is 0 Å². The van der Waals surface area contributed by atoms with Crippen molar-refractivity contribution in [3.05, 3.63) is 75.6 Å². The minimum atomic E-state index is -0.856. The fraction of sp³-hybridized carbons (Fsp3) is 0.111. The highest BCUT2D eigenvalue weighted by Gasteiger charge is 2.23. The summed E-state index contributed by atoms with van der Waals surface area (Å²) in [6, 6.07) is 14.4. The van der Waals surface area contributed by atoms with E-state index in [9.17, 15) is 19.2 Å². The Morgan fingerprint density at radius 1 is 0.846 bits per heavy atom. The number of hydrogen-bond acceptors (Lipinski definition) is 5. The van der Waals surface area contributed by atoms with Gasteiger partial charge >= 0.3 is 17.3 Å². The van der Waals surface area contributed by atoms with Gasteiger partial charge in [0.25, 0.3) is 0 Å². The van der Waals surface area contributed by atoms with Crippen LogP contribution in [-0.2, 0) is 4.79 Å². The number of hydrogen-bond donors (Lipinski definition) is 0. The molecule has 0 N–H and O–H groups in total. The lowest BCUT2D eigenvalue weighted by atomic mass is 10.3. The number of nitrogens with zero attached hydrogens (tertiary/aromatic N) is 3. The summed E-state index contributed by atoms with van der Waals surface area (Å²) in [5.41, 5.74) is -1.18. The van der Waals surface area contributed by atoms with Crippen molar-refractivity contribution >= 4 is 11.9 Å². The van der Waals surface area contributed by atoms with Crippen LogP contribution in [0.3, 0.4) is 0 Å². The van der Waals surface area contributed by atoms with Crippen LogP contribution >= 0.6 is 0 Å². The summed E-state index contributed by atoms with van der Waals surface area (Å²) in [7, 11) is 0. The standard InChI is InChI=1S/C18H15N3O5/c1-12(22)20-17(24)19(15-10-6-7-11-16(15)26-13(2)23)18(25)21(20)14-8-4-3-5-9-14/h3-11H,1-2H3. The van der Waals surface area contributed by atoms with Crippen molar-refractivity contribution in [3.8, 4) is 17.1 Å². The number of carbonyl (C=O) groups is 2. The Morgan fingerprint density at radius 2 is 1.46 bits per heavy atom. The molecule has 1 heterocycles. The number of benzene rings is 2. The van der Waals surface area contributed by atoms with E-state index in [0.29, 0.717) is 5.69 Å². The zero-order chi connectivity index (χ0) is 18.8. The third kappa shape index (κ3) is 2.88. The highest BCUT2D eigenvalue weighted by molar-refractivity contribution is 5.75. The van der Waals surface area contributed by atoms with Crippen molar-refractivity contribution in [2.24, 2.45) is 0 Å². The van der Waals surface area contributed by atoms with E-state index in [0.717, 1.165) is 13.9 Å². The molecule has 0 amide bonds. The lowest BCUT2D eigenvalue weighted by molar-refractivity contribution is -0.131. The van der Waals surface area contributed by atoms with E-state index in [-0.39, 0.29) is 11.4 Å². The van der Waals surface area contributed by atoms with Gasteiger partial charge in [-0.15, -0.1) is 0 Å². The van der Waals surface area contributed by atoms with Crippen LogP contribution < -0.4 is 16.1 Å². The van der Waals surface area contributed by atoms with Crippen LogP contribution in [0.15, 0.2) is 64.2 Å². The summed E-state index contributed by atoms with van der Waals surface area (Å²) in [5, 5.41) is 0. The zero-order valence-corrected chi connectivity index (χ0v) is 14.1. The van der Waals surface area contributed by atoms with Crippen molar-refractivity contribution in [1.29, 1.82) is 0 Å². The first-order valence-corrected chi connectivity index (χ1v) is 7.73. The Morgan fingerprint density at radius 3 is 2.08 bits per heavy atom. The fourth-order valence-electron chi connectivity index (χ4n) is 2.60. The average molecular weight is 353 g/mol. The summed E-state index contributed by atoms with van der Waals surface area (Å²) in [6.45, 7) is 2.39. The second-order valence-corrected chi connectivity index (χ2v) is 5.44. The average Bonchev–Trinajstić information content (AvgIpc) is 2.86. The minimum Gasteiger partial charge on any atom is -0.424 e. The molecule has 8 nitrogen and oxygen atoms in total. The van der Waals surface area contributed by atoms with Crippen LogP contribution in [-0.4, -0.2) is 25.8 Å². The number of rotatable bonds is 3. The summed E-state index contributed by atoms with van der Waals surface area (Å²) in [4.78, 5) is 49.1. The third-order valence-corrected chi connectivity index (χ3v) is 3.60. The first kappa shape index (κ1) is 17.2. The molecule has 0 atom stereocenters. The van der Waals surface area contributed by atoms with Crippen molar-refractivity contribution < 1.29 is 14.3 Å². The third-order valence-electron chi connectivity index (χ3n) is 3.60. The monoisotopic (exact) mass is 353 g/mol. The lowest BCUT2D eigenvalue weighted by Crippen LogP contribution is -2.30. The van der Waals surface area contributed by atoms with Gasteiger partial charge in [-0.2, -0.15) is 9.36 Å². The molecular formula is C18H15N3O5. The molecule has 26 heavy (non-hydrogen) atoms. The van der Waals surface area contributed by atoms with Crippen LogP contribution in [0, 0.1) is 0 Å². The zero-order valence-electron chi connectivity index (χ0n) is 14.1. The molecule has 0 radical (unpaired) electrons. The fourth-order valence-corrected chi connectivity index (χ4v) is 2.60. The number of carbonyl (C=O) groups excluding carboxylic acids is 2. The van der Waals surface area contributed by atoms with Gasteiger partial charge in [0.1, 0.15) is 0 Å². The predicted molar refractivity (Wildman–Crippen MR) is 93.2 cm³/mol. The summed E-state index contributed by atoms with van der Waals surface area (Å²) >= 11 is 0. The van der Waals surface area contributed by atoms with Crippen LogP contribution in [0.1, 0.15) is 18.6 Å². The molecule has 0 bridgehead atoms. The highest BCUT2D eigenvalue weighted by Crippen LogP contribution is 2.20. The molecule has 1 aromatic heterocycles. The van der Waals surface area contributed by atoms with Gasteiger partial charge in [0.2, 0.25) is 5.91 Å². The second-order valence-electron chi connectivity index (χ2n) is 5.44. The molecule has 3 rings (SSSR count). The topological polar surface area (TPSA) is 92.3 Å². The number of ether oxygens (including phenoxy) is 1. The molecule has 0 fully saturated rings. The van der Waals surface area contributed by atoms with E-state index in [2.05, 4.69) is 0 Å². The lowest BCUT2D eigenvalue weighted by Gasteiger charge is -2.07. The van der Waals surface area contributed by atoms with Crippen molar-refractivity contribution in [3.63, 3.8) is 0 Å². The molecule has 2 aromatic carbocycles. The Kier molecular flexibility index (Phi) is 4.40. The first-order chi connectivity index (χ1) is 12.4. The summed E-state index contributed by atoms with van der Waals surface area (Å²) < 4.78 is 7.60. The minimum absolute atomic E-state index is 0.0418. The molecule has 0 saturated heterocycles. The van der Waals surface area contributed by atoms with Gasteiger partial charge in [0.05, 0.1) is 11.4 Å². The van der Waals surface area contributed by atoms with Crippen LogP contribution in [0.5, 0.6) is 5.75 Å². The van der Waals surface area contributed by atoms with Gasteiger partial charge in [0, 0.05) is 13.8 Å². The van der Waals surface area contributed by atoms with E-state index in [1.807, 2.05) is 0 Å². The Hall–Kier alpha value is -3.68. The SMILES string of the molecule is CC(=O)Oc1ccccc1-n1c(=O)n(C(C)=O)n(-c2ccccc2)c1=O. The molecule has 0 spiro atoms. The number of esters is 1. The maximum Gasteiger partial charge on any atom is 0.359 e. The number of aromatic nitrogens is 3. The molecule has 0 aliphatic carbocycles. The first-order valence-electron chi connectivity index (χ1n) is 7.73. The maximum absolute atomic E-state index is 13.0. The van der Waals surface area contributed by atoms with Gasteiger partial charge in [-0.3, -0.25) is 9.59 Å². The Labute approximate surface area is 147 Å². The van der Waals surface area contributed by atoms with Crippen LogP contribution in [0.4, 0.5) is 0 Å². The van der Waals surface area contributed by atoms with Gasteiger partial charge in [-0.25, -0.2) is 14.2 Å². The molecule has 3 aromatic rings. The molecule has 0 unspecified atom stereocenters. The summed E-state index contributed by atoms with van der Waals surface area (Å²) in [6.07, 6.45) is 0. The van der Waals surface area contributed by atoms with Gasteiger partial charge in [-0.1, -0.05) is 30.3 Å². The highest BCUT2D eigenvalue weighted by atomic mass is 16.5. The predicted octanol–water partition coefficient (Wildman–Crippen LogP) is 1.38. The van der Waals surface area contributed by atoms with Crippen LogP contribution in [0.2, 0.25) is 0 Å². The van der Waals surface area contributed by atoms with Gasteiger partial charge in [-0.05, 0) is 24.3 Å². The molecule has 0 aliphatic heterocycles. The van der Waals surface area contributed by atoms with Crippen LogP contribution in [0.25, 0.3) is 11.4 Å².